The van der Waals surface area contributed by atoms with Gasteiger partial charge in [0, 0.05) is 26.2 Å². The van der Waals surface area contributed by atoms with Crippen LogP contribution in [0, 0.1) is 26.6 Å². The number of amides is 1. The number of nitrogens with zero attached hydrogens (tertiary/aromatic N) is 3. The van der Waals surface area contributed by atoms with E-state index in [1.807, 2.05) is 37.8 Å². The molecule has 0 unspecified atom stereocenters. The van der Waals surface area contributed by atoms with E-state index in [-0.39, 0.29) is 23.2 Å². The molecule has 1 heterocycles. The van der Waals surface area contributed by atoms with Crippen molar-refractivity contribution < 1.29 is 17.6 Å². The second-order valence-electron chi connectivity index (χ2n) is 8.93. The smallest absolute Gasteiger partial charge is 0.264 e. The van der Waals surface area contributed by atoms with E-state index in [1.54, 1.807) is 53.4 Å². The summed E-state index contributed by atoms with van der Waals surface area (Å²) in [5.41, 5.74) is 3.62. The Morgan fingerprint density at radius 1 is 0.886 bits per heavy atom. The molecule has 3 aromatic carbocycles. The maximum absolute atomic E-state index is 14.2. The van der Waals surface area contributed by atoms with Gasteiger partial charge in [0.25, 0.3) is 10.0 Å². The van der Waals surface area contributed by atoms with Gasteiger partial charge in [0.05, 0.1) is 16.3 Å². The van der Waals surface area contributed by atoms with E-state index in [4.69, 9.17) is 0 Å². The Morgan fingerprint density at radius 3 is 2.17 bits per heavy atom. The van der Waals surface area contributed by atoms with Gasteiger partial charge in [0.1, 0.15) is 12.4 Å². The molecule has 1 fully saturated rings. The lowest BCUT2D eigenvalue weighted by molar-refractivity contribution is -0.129. The Morgan fingerprint density at radius 2 is 1.51 bits per heavy atom. The molecule has 1 aliphatic heterocycles. The van der Waals surface area contributed by atoms with Gasteiger partial charge in [-0.15, -0.1) is 0 Å². The van der Waals surface area contributed by atoms with Gasteiger partial charge in [0.15, 0.2) is 0 Å². The molecular weight excluding hydrogens is 465 g/mol. The molecule has 0 radical (unpaired) electrons. The van der Waals surface area contributed by atoms with Crippen LogP contribution in [0.2, 0.25) is 0 Å². The van der Waals surface area contributed by atoms with Crippen molar-refractivity contribution in [1.29, 1.82) is 0 Å². The highest BCUT2D eigenvalue weighted by Gasteiger charge is 2.31. The summed E-state index contributed by atoms with van der Waals surface area (Å²) in [6.07, 6.45) is 0. The van der Waals surface area contributed by atoms with Crippen LogP contribution in [0.5, 0.6) is 0 Å². The van der Waals surface area contributed by atoms with Gasteiger partial charge in [-0.3, -0.25) is 9.10 Å². The van der Waals surface area contributed by atoms with E-state index < -0.39 is 10.0 Å². The third-order valence-electron chi connectivity index (χ3n) is 6.35. The van der Waals surface area contributed by atoms with Crippen molar-refractivity contribution >= 4 is 27.3 Å². The summed E-state index contributed by atoms with van der Waals surface area (Å²) in [6, 6.07) is 18.8. The number of aryl methyl sites for hydroxylation is 3. The van der Waals surface area contributed by atoms with E-state index in [1.165, 1.54) is 10.4 Å². The van der Waals surface area contributed by atoms with Gasteiger partial charge in [-0.05, 0) is 62.2 Å². The van der Waals surface area contributed by atoms with Gasteiger partial charge < -0.3 is 9.80 Å². The number of rotatable bonds is 6. The molecule has 0 saturated carbocycles. The Balaban J connectivity index is 1.58. The molecule has 0 atom stereocenters. The average molecular weight is 496 g/mol. The first-order valence-electron chi connectivity index (χ1n) is 11.6. The number of carbonyl (C=O) groups excluding carboxylic acids is 1. The summed E-state index contributed by atoms with van der Waals surface area (Å²) in [6.45, 7) is 7.04. The maximum atomic E-state index is 14.2. The highest BCUT2D eigenvalue weighted by atomic mass is 32.2. The normalized spacial score (nSPS) is 14.2. The topological polar surface area (TPSA) is 60.9 Å². The molecule has 1 saturated heterocycles. The Labute approximate surface area is 206 Å². The number of benzene rings is 3. The lowest BCUT2D eigenvalue weighted by atomic mass is 10.1. The number of hydrogen-bond donors (Lipinski definition) is 0. The highest BCUT2D eigenvalue weighted by Crippen LogP contribution is 2.28. The molecule has 0 aliphatic carbocycles. The summed E-state index contributed by atoms with van der Waals surface area (Å²) in [7, 11) is -3.98. The maximum Gasteiger partial charge on any atom is 0.264 e. The second kappa shape index (κ2) is 10.1. The van der Waals surface area contributed by atoms with Crippen molar-refractivity contribution in [2.75, 3.05) is 41.9 Å². The predicted octanol–water partition coefficient (Wildman–Crippen LogP) is 4.30. The summed E-state index contributed by atoms with van der Waals surface area (Å²) in [5.74, 6) is -0.577. The van der Waals surface area contributed by atoms with Gasteiger partial charge >= 0.3 is 0 Å². The van der Waals surface area contributed by atoms with Crippen LogP contribution in [0.3, 0.4) is 0 Å². The largest absolute Gasteiger partial charge is 0.366 e. The third-order valence-corrected chi connectivity index (χ3v) is 8.12. The highest BCUT2D eigenvalue weighted by molar-refractivity contribution is 7.92. The third kappa shape index (κ3) is 5.32. The van der Waals surface area contributed by atoms with Crippen molar-refractivity contribution in [3.63, 3.8) is 0 Å². The zero-order valence-corrected chi connectivity index (χ0v) is 21.1. The van der Waals surface area contributed by atoms with E-state index in [0.29, 0.717) is 37.6 Å². The lowest BCUT2D eigenvalue weighted by Gasteiger charge is -2.37. The zero-order valence-electron chi connectivity index (χ0n) is 20.2. The average Bonchev–Trinajstić information content (AvgIpc) is 2.84. The van der Waals surface area contributed by atoms with Gasteiger partial charge in [-0.25, -0.2) is 12.8 Å². The molecule has 35 heavy (non-hydrogen) atoms. The number of halogens is 1. The minimum Gasteiger partial charge on any atom is -0.366 e. The minimum atomic E-state index is -3.98. The summed E-state index contributed by atoms with van der Waals surface area (Å²) in [4.78, 5) is 17.0. The Hall–Kier alpha value is -3.39. The first-order valence-corrected chi connectivity index (χ1v) is 13.0. The van der Waals surface area contributed by atoms with E-state index >= 15 is 0 Å². The molecule has 8 heteroatoms. The van der Waals surface area contributed by atoms with E-state index in [0.717, 1.165) is 16.7 Å². The Kier molecular flexibility index (Phi) is 7.12. The van der Waals surface area contributed by atoms with Crippen LogP contribution in [0.1, 0.15) is 16.7 Å². The molecule has 4 rings (SSSR count). The van der Waals surface area contributed by atoms with E-state index in [9.17, 15) is 17.6 Å². The zero-order chi connectivity index (χ0) is 25.2. The van der Waals surface area contributed by atoms with Crippen molar-refractivity contribution in [1.82, 2.24) is 4.90 Å². The number of sulfonamides is 1. The van der Waals surface area contributed by atoms with Crippen LogP contribution in [-0.2, 0) is 14.8 Å². The van der Waals surface area contributed by atoms with Crippen molar-refractivity contribution in [2.45, 2.75) is 25.7 Å². The second-order valence-corrected chi connectivity index (χ2v) is 10.8. The first kappa shape index (κ1) is 24.7. The molecule has 0 spiro atoms. The van der Waals surface area contributed by atoms with Crippen LogP contribution in [-0.4, -0.2) is 51.9 Å². The van der Waals surface area contributed by atoms with Crippen LogP contribution >= 0.6 is 0 Å². The standard InChI is InChI=1S/C27H30FN3O3S/c1-20-9-12-23(13-10-20)35(33,34)31(26-18-21(2)8-11-22(26)3)19-27(32)30-16-14-29(15-17-30)25-7-5-4-6-24(25)28/h4-13,18H,14-17,19H2,1-3H3. The molecule has 0 N–H and O–H groups in total. The van der Waals surface area contributed by atoms with Gasteiger partial charge in [-0.1, -0.05) is 42.0 Å². The first-order chi connectivity index (χ1) is 16.7. The molecule has 1 amide bonds. The fraction of sp³-hybridized carbons (Fsp3) is 0.296. The van der Waals surface area contributed by atoms with Gasteiger partial charge in [0.2, 0.25) is 5.91 Å². The van der Waals surface area contributed by atoms with Crippen LogP contribution in [0.15, 0.2) is 71.6 Å². The monoisotopic (exact) mass is 495 g/mol. The molecule has 6 nitrogen and oxygen atoms in total. The number of carbonyl (C=O) groups is 1. The molecule has 3 aromatic rings. The number of para-hydroxylation sites is 1. The van der Waals surface area contributed by atoms with Crippen molar-refractivity contribution in [3.8, 4) is 0 Å². The van der Waals surface area contributed by atoms with Gasteiger partial charge in [-0.2, -0.15) is 0 Å². The molecular formula is C27H30FN3O3S. The quantitative estimate of drug-likeness (QED) is 0.512. The molecule has 0 bridgehead atoms. The minimum absolute atomic E-state index is 0.140. The SMILES string of the molecule is Cc1ccc(S(=O)(=O)N(CC(=O)N2CCN(c3ccccc3F)CC2)c2cc(C)ccc2C)cc1. The summed E-state index contributed by atoms with van der Waals surface area (Å²) < 4.78 is 42.8. The lowest BCUT2D eigenvalue weighted by Crippen LogP contribution is -2.52. The fourth-order valence-corrected chi connectivity index (χ4v) is 5.72. The molecule has 184 valence electrons. The van der Waals surface area contributed by atoms with Crippen molar-refractivity contribution in [2.24, 2.45) is 0 Å². The molecule has 0 aromatic heterocycles. The fourth-order valence-electron chi connectivity index (χ4n) is 4.25. The number of piperazine rings is 1. The number of anilines is 2. The van der Waals surface area contributed by atoms with Crippen molar-refractivity contribution in [3.05, 3.63) is 89.2 Å². The Bertz CT molecular complexity index is 1320. The summed E-state index contributed by atoms with van der Waals surface area (Å²) >= 11 is 0. The van der Waals surface area contributed by atoms with Crippen LogP contribution in [0.4, 0.5) is 15.8 Å². The van der Waals surface area contributed by atoms with Crippen LogP contribution in [0.25, 0.3) is 0 Å². The molecule has 1 aliphatic rings. The van der Waals surface area contributed by atoms with E-state index in [2.05, 4.69) is 0 Å². The van der Waals surface area contributed by atoms with Crippen LogP contribution < -0.4 is 9.21 Å². The predicted molar refractivity (Wildman–Crippen MR) is 137 cm³/mol. The number of hydrogen-bond acceptors (Lipinski definition) is 4. The summed E-state index contributed by atoms with van der Waals surface area (Å²) in [5, 5.41) is 0.